The van der Waals surface area contributed by atoms with Gasteiger partial charge < -0.3 is 9.84 Å². The lowest BCUT2D eigenvalue weighted by Gasteiger charge is -2.12. The summed E-state index contributed by atoms with van der Waals surface area (Å²) in [7, 11) is -4.07. The van der Waals surface area contributed by atoms with E-state index in [9.17, 15) is 23.6 Å². The molecule has 0 unspecified atom stereocenters. The van der Waals surface area contributed by atoms with Gasteiger partial charge in [0.2, 0.25) is 0 Å². The predicted molar refractivity (Wildman–Crippen MR) is 83.2 cm³/mol. The molecule has 2 aromatic rings. The summed E-state index contributed by atoms with van der Waals surface area (Å²) >= 11 is 0. The first-order valence-corrected chi connectivity index (χ1v) is 8.05. The summed E-state index contributed by atoms with van der Waals surface area (Å²) in [5, 5.41) is 20.2. The molecule has 122 valence electrons. The van der Waals surface area contributed by atoms with Crippen molar-refractivity contribution in [3.05, 3.63) is 52.6 Å². The van der Waals surface area contributed by atoms with E-state index in [1.165, 1.54) is 6.07 Å². The average molecular weight is 338 g/mol. The normalized spacial score (nSPS) is 11.0. The van der Waals surface area contributed by atoms with E-state index in [1.807, 2.05) is 0 Å². The molecule has 0 spiro atoms. The minimum atomic E-state index is -4.07. The van der Waals surface area contributed by atoms with Crippen molar-refractivity contribution in [1.82, 2.24) is 0 Å². The van der Waals surface area contributed by atoms with E-state index in [2.05, 4.69) is 4.72 Å². The van der Waals surface area contributed by atoms with Crippen LogP contribution in [-0.2, 0) is 10.0 Å². The first-order valence-electron chi connectivity index (χ1n) is 6.57. The topological polar surface area (TPSA) is 119 Å². The number of phenols is 1. The molecular weight excluding hydrogens is 324 g/mol. The number of benzene rings is 2. The minimum Gasteiger partial charge on any atom is -0.502 e. The first-order chi connectivity index (χ1) is 10.8. The fourth-order valence-electron chi connectivity index (χ4n) is 1.85. The van der Waals surface area contributed by atoms with Crippen LogP contribution in [-0.4, -0.2) is 25.1 Å². The van der Waals surface area contributed by atoms with Crippen molar-refractivity contribution in [2.24, 2.45) is 0 Å². The van der Waals surface area contributed by atoms with Gasteiger partial charge in [0.15, 0.2) is 5.75 Å². The third kappa shape index (κ3) is 3.69. The number of aromatic hydroxyl groups is 1. The maximum atomic E-state index is 12.4. The summed E-state index contributed by atoms with van der Waals surface area (Å²) in [5.41, 5.74) is -0.476. The fourth-order valence-corrected chi connectivity index (χ4v) is 2.94. The molecule has 9 heteroatoms. The van der Waals surface area contributed by atoms with Crippen LogP contribution < -0.4 is 9.46 Å². The number of rotatable bonds is 6. The molecule has 0 radical (unpaired) electrons. The summed E-state index contributed by atoms with van der Waals surface area (Å²) in [6, 6.07) is 9.25. The van der Waals surface area contributed by atoms with E-state index in [4.69, 9.17) is 4.74 Å². The molecule has 0 atom stereocenters. The minimum absolute atomic E-state index is 0.213. The lowest BCUT2D eigenvalue weighted by Crippen LogP contribution is -2.14. The molecular formula is C14H14N2O6S. The van der Waals surface area contributed by atoms with Crippen LogP contribution in [0.15, 0.2) is 47.4 Å². The van der Waals surface area contributed by atoms with Crippen molar-refractivity contribution in [2.75, 3.05) is 11.3 Å². The van der Waals surface area contributed by atoms with Gasteiger partial charge in [-0.3, -0.25) is 14.8 Å². The lowest BCUT2D eigenvalue weighted by molar-refractivity contribution is -0.386. The number of ether oxygens (including phenoxy) is 1. The molecule has 0 saturated heterocycles. The third-order valence-electron chi connectivity index (χ3n) is 2.89. The molecule has 0 saturated carbocycles. The second-order valence-electron chi connectivity index (χ2n) is 4.44. The van der Waals surface area contributed by atoms with E-state index in [0.717, 1.165) is 18.2 Å². The molecule has 0 heterocycles. The van der Waals surface area contributed by atoms with Gasteiger partial charge in [-0.15, -0.1) is 0 Å². The molecule has 0 aliphatic carbocycles. The molecule has 2 rings (SSSR count). The molecule has 0 aromatic heterocycles. The number of nitro groups is 1. The Kier molecular flexibility index (Phi) is 4.70. The summed E-state index contributed by atoms with van der Waals surface area (Å²) in [6.07, 6.45) is 0. The summed E-state index contributed by atoms with van der Waals surface area (Å²) < 4.78 is 32.4. The molecule has 0 aliphatic heterocycles. The average Bonchev–Trinajstić information content (AvgIpc) is 2.49. The van der Waals surface area contributed by atoms with Crippen molar-refractivity contribution < 1.29 is 23.2 Å². The van der Waals surface area contributed by atoms with Crippen LogP contribution in [0.25, 0.3) is 0 Å². The number of para-hydroxylation sites is 2. The predicted octanol–water partition coefficient (Wildman–Crippen LogP) is 2.50. The molecule has 23 heavy (non-hydrogen) atoms. The van der Waals surface area contributed by atoms with Crippen LogP contribution in [0.2, 0.25) is 0 Å². The number of phenolic OH excluding ortho intramolecular Hbond substituents is 1. The Balaban J connectivity index is 2.40. The Morgan fingerprint density at radius 3 is 2.61 bits per heavy atom. The van der Waals surface area contributed by atoms with Gasteiger partial charge >= 0.3 is 5.69 Å². The lowest BCUT2D eigenvalue weighted by atomic mass is 10.3. The van der Waals surface area contributed by atoms with Gasteiger partial charge in [0.05, 0.1) is 22.1 Å². The van der Waals surface area contributed by atoms with Crippen molar-refractivity contribution in [1.29, 1.82) is 0 Å². The first kappa shape index (κ1) is 16.6. The molecule has 0 fully saturated rings. The highest BCUT2D eigenvalue weighted by Gasteiger charge is 2.22. The highest BCUT2D eigenvalue weighted by Crippen LogP contribution is 2.31. The van der Waals surface area contributed by atoms with Crippen LogP contribution in [0.1, 0.15) is 6.92 Å². The Bertz CT molecular complexity index is 835. The molecule has 0 amide bonds. The largest absolute Gasteiger partial charge is 0.502 e. The van der Waals surface area contributed by atoms with Gasteiger partial charge in [-0.1, -0.05) is 12.1 Å². The van der Waals surface area contributed by atoms with Gasteiger partial charge in [-0.05, 0) is 31.2 Å². The molecule has 2 aromatic carbocycles. The number of nitrogens with one attached hydrogen (secondary N) is 1. The van der Waals surface area contributed by atoms with Gasteiger partial charge in [-0.25, -0.2) is 8.42 Å². The number of sulfonamides is 1. The Morgan fingerprint density at radius 2 is 1.96 bits per heavy atom. The zero-order valence-electron chi connectivity index (χ0n) is 12.1. The molecule has 0 aliphatic rings. The van der Waals surface area contributed by atoms with Gasteiger partial charge in [0.25, 0.3) is 10.0 Å². The molecule has 2 N–H and O–H groups in total. The van der Waals surface area contributed by atoms with Crippen LogP contribution in [0, 0.1) is 10.1 Å². The number of hydrogen-bond donors (Lipinski definition) is 2. The smallest absolute Gasteiger partial charge is 0.312 e. The van der Waals surface area contributed by atoms with Crippen molar-refractivity contribution in [3.63, 3.8) is 0 Å². The monoisotopic (exact) mass is 338 g/mol. The quantitative estimate of drug-likeness (QED) is 0.617. The van der Waals surface area contributed by atoms with Crippen LogP contribution in [0.5, 0.6) is 11.5 Å². The van der Waals surface area contributed by atoms with E-state index in [0.29, 0.717) is 12.4 Å². The Labute approximate surface area is 132 Å². The van der Waals surface area contributed by atoms with Crippen LogP contribution >= 0.6 is 0 Å². The summed E-state index contributed by atoms with van der Waals surface area (Å²) in [5.74, 6) is -0.268. The van der Waals surface area contributed by atoms with E-state index in [1.54, 1.807) is 25.1 Å². The second kappa shape index (κ2) is 6.53. The molecule has 0 bridgehead atoms. The fraction of sp³-hybridized carbons (Fsp3) is 0.143. The van der Waals surface area contributed by atoms with Gasteiger partial charge in [0, 0.05) is 6.07 Å². The van der Waals surface area contributed by atoms with Crippen molar-refractivity contribution >= 4 is 21.4 Å². The number of anilines is 1. The number of nitro benzene ring substituents is 1. The SMILES string of the molecule is CCOc1ccccc1NS(=O)(=O)c1ccc(O)c([N+](=O)[O-])c1. The van der Waals surface area contributed by atoms with Gasteiger partial charge in [0.1, 0.15) is 5.75 Å². The van der Waals surface area contributed by atoms with Crippen molar-refractivity contribution in [2.45, 2.75) is 11.8 Å². The van der Waals surface area contributed by atoms with E-state index in [-0.39, 0.29) is 10.6 Å². The van der Waals surface area contributed by atoms with Crippen LogP contribution in [0.3, 0.4) is 0 Å². The zero-order chi connectivity index (χ0) is 17.0. The number of nitrogens with zero attached hydrogens (tertiary/aromatic N) is 1. The zero-order valence-corrected chi connectivity index (χ0v) is 12.9. The maximum Gasteiger partial charge on any atom is 0.312 e. The Morgan fingerprint density at radius 1 is 1.26 bits per heavy atom. The standard InChI is InChI=1S/C14H14N2O6S/c1-2-22-14-6-4-3-5-11(14)15-23(20,21)10-7-8-13(17)12(9-10)16(18)19/h3-9,15,17H,2H2,1H3. The third-order valence-corrected chi connectivity index (χ3v) is 4.25. The summed E-state index contributed by atoms with van der Waals surface area (Å²) in [6.45, 7) is 2.11. The van der Waals surface area contributed by atoms with Gasteiger partial charge in [-0.2, -0.15) is 0 Å². The van der Waals surface area contributed by atoms with Crippen LogP contribution in [0.4, 0.5) is 11.4 Å². The van der Waals surface area contributed by atoms with E-state index >= 15 is 0 Å². The second-order valence-corrected chi connectivity index (χ2v) is 6.12. The Hall–Kier alpha value is -2.81. The maximum absolute atomic E-state index is 12.4. The highest BCUT2D eigenvalue weighted by molar-refractivity contribution is 7.92. The summed E-state index contributed by atoms with van der Waals surface area (Å²) in [4.78, 5) is 9.61. The van der Waals surface area contributed by atoms with Crippen molar-refractivity contribution in [3.8, 4) is 11.5 Å². The van der Waals surface area contributed by atoms with E-state index < -0.39 is 26.4 Å². The highest BCUT2D eigenvalue weighted by atomic mass is 32.2. The number of hydrogen-bond acceptors (Lipinski definition) is 6. The molecule has 8 nitrogen and oxygen atoms in total.